The van der Waals surface area contributed by atoms with Crippen LogP contribution in [0.2, 0.25) is 0 Å². The van der Waals surface area contributed by atoms with Crippen molar-refractivity contribution in [3.05, 3.63) is 30.1 Å². The van der Waals surface area contributed by atoms with Crippen LogP contribution in [0.4, 0.5) is 4.39 Å². The van der Waals surface area contributed by atoms with Crippen molar-refractivity contribution in [3.8, 4) is 5.75 Å². The molecule has 0 bridgehead atoms. The standard InChI is InChI=1S/C15H20FNO4/c1-2-19-15(18)10-17-7-8-20-14(9-17)11-21-13-5-3-12(16)4-6-13/h3-6,14H,2,7-11H2,1H3/t14-/m0/s1. The average Bonchev–Trinajstić information content (AvgIpc) is 2.47. The third-order valence-electron chi connectivity index (χ3n) is 3.13. The van der Waals surface area contributed by atoms with Crippen molar-refractivity contribution in [2.24, 2.45) is 0 Å². The van der Waals surface area contributed by atoms with E-state index >= 15 is 0 Å². The number of benzene rings is 1. The molecule has 1 saturated heterocycles. The highest BCUT2D eigenvalue weighted by Crippen LogP contribution is 2.13. The molecule has 2 rings (SSSR count). The van der Waals surface area contributed by atoms with Gasteiger partial charge in [-0.25, -0.2) is 4.39 Å². The average molecular weight is 297 g/mol. The molecule has 21 heavy (non-hydrogen) atoms. The predicted molar refractivity (Wildman–Crippen MR) is 74.7 cm³/mol. The lowest BCUT2D eigenvalue weighted by atomic mass is 10.3. The molecule has 0 aromatic heterocycles. The van der Waals surface area contributed by atoms with Gasteiger partial charge in [0, 0.05) is 13.1 Å². The highest BCUT2D eigenvalue weighted by atomic mass is 19.1. The molecular weight excluding hydrogens is 277 g/mol. The first-order chi connectivity index (χ1) is 10.2. The normalized spacial score (nSPS) is 19.2. The molecule has 0 N–H and O–H groups in total. The van der Waals surface area contributed by atoms with Crippen LogP contribution in [0.25, 0.3) is 0 Å². The minimum atomic E-state index is -0.295. The Morgan fingerprint density at radius 3 is 2.90 bits per heavy atom. The van der Waals surface area contributed by atoms with Crippen molar-refractivity contribution >= 4 is 5.97 Å². The van der Waals surface area contributed by atoms with Gasteiger partial charge in [0.2, 0.25) is 0 Å². The van der Waals surface area contributed by atoms with Crippen LogP contribution in [0.15, 0.2) is 24.3 Å². The monoisotopic (exact) mass is 297 g/mol. The topological polar surface area (TPSA) is 48.0 Å². The molecule has 0 spiro atoms. The molecule has 5 nitrogen and oxygen atoms in total. The van der Waals surface area contributed by atoms with Crippen molar-refractivity contribution in [2.75, 3.05) is 39.5 Å². The first-order valence-corrected chi connectivity index (χ1v) is 7.05. The van der Waals surface area contributed by atoms with Crippen molar-refractivity contribution < 1.29 is 23.4 Å². The largest absolute Gasteiger partial charge is 0.491 e. The summed E-state index contributed by atoms with van der Waals surface area (Å²) in [5, 5.41) is 0. The summed E-state index contributed by atoms with van der Waals surface area (Å²) in [6, 6.07) is 5.86. The highest BCUT2D eigenvalue weighted by molar-refractivity contribution is 5.71. The van der Waals surface area contributed by atoms with Crippen LogP contribution in [0, 0.1) is 5.82 Å². The van der Waals surface area contributed by atoms with Gasteiger partial charge in [-0.1, -0.05) is 0 Å². The van der Waals surface area contributed by atoms with E-state index in [-0.39, 0.29) is 24.4 Å². The number of carbonyl (C=O) groups excluding carboxylic acids is 1. The van der Waals surface area contributed by atoms with Crippen molar-refractivity contribution in [3.63, 3.8) is 0 Å². The quantitative estimate of drug-likeness (QED) is 0.744. The van der Waals surface area contributed by atoms with Crippen LogP contribution >= 0.6 is 0 Å². The second kappa shape index (κ2) is 7.95. The fourth-order valence-corrected chi connectivity index (χ4v) is 2.13. The first kappa shape index (κ1) is 15.7. The lowest BCUT2D eigenvalue weighted by Crippen LogP contribution is -2.47. The van der Waals surface area contributed by atoms with Gasteiger partial charge in [-0.3, -0.25) is 9.69 Å². The van der Waals surface area contributed by atoms with Crippen LogP contribution in [0.1, 0.15) is 6.92 Å². The summed E-state index contributed by atoms with van der Waals surface area (Å²) in [6.07, 6.45) is -0.113. The van der Waals surface area contributed by atoms with Gasteiger partial charge in [-0.05, 0) is 31.2 Å². The molecule has 1 atom stereocenters. The Balaban J connectivity index is 1.76. The van der Waals surface area contributed by atoms with E-state index in [0.717, 1.165) is 0 Å². The molecule has 1 heterocycles. The number of morpholine rings is 1. The van der Waals surface area contributed by atoms with E-state index in [0.29, 0.717) is 38.7 Å². The molecule has 6 heteroatoms. The predicted octanol–water partition coefficient (Wildman–Crippen LogP) is 1.47. The van der Waals surface area contributed by atoms with E-state index in [9.17, 15) is 9.18 Å². The van der Waals surface area contributed by atoms with Crippen LogP contribution in [0.3, 0.4) is 0 Å². The van der Waals surface area contributed by atoms with Crippen molar-refractivity contribution in [2.45, 2.75) is 13.0 Å². The minimum Gasteiger partial charge on any atom is -0.491 e. The highest BCUT2D eigenvalue weighted by Gasteiger charge is 2.23. The number of hydrogen-bond donors (Lipinski definition) is 0. The molecule has 1 aliphatic heterocycles. The van der Waals surface area contributed by atoms with Crippen LogP contribution < -0.4 is 4.74 Å². The fraction of sp³-hybridized carbons (Fsp3) is 0.533. The maximum Gasteiger partial charge on any atom is 0.320 e. The molecule has 1 aromatic rings. The summed E-state index contributed by atoms with van der Waals surface area (Å²) in [6.45, 7) is 4.68. The molecule has 0 aliphatic carbocycles. The summed E-state index contributed by atoms with van der Waals surface area (Å²) in [5.41, 5.74) is 0. The van der Waals surface area contributed by atoms with Gasteiger partial charge in [0.15, 0.2) is 0 Å². The van der Waals surface area contributed by atoms with E-state index in [1.165, 1.54) is 12.1 Å². The number of halogens is 1. The summed E-state index contributed by atoms with van der Waals surface area (Å²) < 4.78 is 28.9. The second-order valence-corrected chi connectivity index (χ2v) is 4.80. The number of ether oxygens (including phenoxy) is 3. The Morgan fingerprint density at radius 1 is 1.43 bits per heavy atom. The van der Waals surface area contributed by atoms with E-state index in [2.05, 4.69) is 0 Å². The van der Waals surface area contributed by atoms with Gasteiger partial charge < -0.3 is 14.2 Å². The Kier molecular flexibility index (Phi) is 5.95. The Hall–Kier alpha value is -1.66. The summed E-state index contributed by atoms with van der Waals surface area (Å²) >= 11 is 0. The maximum absolute atomic E-state index is 12.8. The van der Waals surface area contributed by atoms with Gasteiger partial charge in [-0.2, -0.15) is 0 Å². The number of rotatable bonds is 6. The van der Waals surface area contributed by atoms with Crippen molar-refractivity contribution in [1.82, 2.24) is 4.90 Å². The lowest BCUT2D eigenvalue weighted by Gasteiger charge is -2.31. The Morgan fingerprint density at radius 2 is 2.19 bits per heavy atom. The zero-order valence-electron chi connectivity index (χ0n) is 12.1. The summed E-state index contributed by atoms with van der Waals surface area (Å²) in [5.74, 6) is 0.0806. The zero-order valence-corrected chi connectivity index (χ0v) is 12.1. The molecule has 0 saturated carbocycles. The lowest BCUT2D eigenvalue weighted by molar-refractivity contribution is -0.146. The SMILES string of the molecule is CCOC(=O)CN1CCO[C@H](COc2ccc(F)cc2)C1. The Bertz CT molecular complexity index is 451. The van der Waals surface area contributed by atoms with E-state index in [1.807, 2.05) is 4.90 Å². The van der Waals surface area contributed by atoms with Crippen LogP contribution in [-0.4, -0.2) is 56.4 Å². The molecule has 1 aromatic carbocycles. The summed E-state index contributed by atoms with van der Waals surface area (Å²) in [7, 11) is 0. The van der Waals surface area contributed by atoms with Crippen LogP contribution in [0.5, 0.6) is 5.75 Å². The second-order valence-electron chi connectivity index (χ2n) is 4.80. The molecular formula is C15H20FNO4. The molecule has 1 aliphatic rings. The van der Waals surface area contributed by atoms with Gasteiger partial charge in [0.1, 0.15) is 24.3 Å². The van der Waals surface area contributed by atoms with E-state index in [1.54, 1.807) is 19.1 Å². The van der Waals surface area contributed by atoms with E-state index in [4.69, 9.17) is 14.2 Å². The minimum absolute atomic E-state index is 0.113. The molecule has 1 fully saturated rings. The zero-order chi connectivity index (χ0) is 15.1. The molecule has 0 radical (unpaired) electrons. The number of esters is 1. The summed E-state index contributed by atoms with van der Waals surface area (Å²) in [4.78, 5) is 13.4. The maximum atomic E-state index is 12.8. The molecule has 116 valence electrons. The van der Waals surface area contributed by atoms with Gasteiger partial charge in [0.25, 0.3) is 0 Å². The third kappa shape index (κ3) is 5.32. The van der Waals surface area contributed by atoms with E-state index < -0.39 is 0 Å². The first-order valence-electron chi connectivity index (χ1n) is 7.05. The number of carbonyl (C=O) groups is 1. The van der Waals surface area contributed by atoms with Gasteiger partial charge in [-0.15, -0.1) is 0 Å². The number of hydrogen-bond acceptors (Lipinski definition) is 5. The molecule has 0 amide bonds. The van der Waals surface area contributed by atoms with Crippen LogP contribution in [-0.2, 0) is 14.3 Å². The van der Waals surface area contributed by atoms with Crippen molar-refractivity contribution in [1.29, 1.82) is 0 Å². The smallest absolute Gasteiger partial charge is 0.320 e. The fourth-order valence-electron chi connectivity index (χ4n) is 2.13. The number of nitrogens with zero attached hydrogens (tertiary/aromatic N) is 1. The molecule has 0 unspecified atom stereocenters. The van der Waals surface area contributed by atoms with Gasteiger partial charge in [0.05, 0.1) is 19.8 Å². The van der Waals surface area contributed by atoms with Gasteiger partial charge >= 0.3 is 5.97 Å². The third-order valence-corrected chi connectivity index (χ3v) is 3.13. The Labute approximate surface area is 123 Å².